The van der Waals surface area contributed by atoms with Crippen LogP contribution in [0.1, 0.15) is 5.56 Å². The molecule has 0 spiro atoms. The Labute approximate surface area is 329 Å². The second-order valence-electron chi connectivity index (χ2n) is 15.0. The minimum atomic E-state index is 0.434. The second kappa shape index (κ2) is 11.1. The first-order valence-corrected chi connectivity index (χ1v) is 19.2. The van der Waals surface area contributed by atoms with Crippen LogP contribution in [0.15, 0.2) is 167 Å². The third-order valence-corrected chi connectivity index (χ3v) is 12.1. The number of nitrogens with zero attached hydrogens (tertiary/aromatic N) is 4. The van der Waals surface area contributed by atoms with Crippen molar-refractivity contribution in [3.63, 3.8) is 0 Å². The SMILES string of the molecule is [C-]#[N+]c1cc(-n2c3cc4c(cc3c3c5ccccc5ccc32)oc2ccccc24)c(C#N)cc1-n1c2cc3c(cc2c2c4ccccc4ccc21)oc1ccccc13. The third kappa shape index (κ3) is 3.97. The molecule has 266 valence electrons. The van der Waals surface area contributed by atoms with Gasteiger partial charge in [0.05, 0.1) is 45.6 Å². The van der Waals surface area contributed by atoms with Gasteiger partial charge < -0.3 is 18.0 Å². The normalized spacial score (nSPS) is 12.1. The number of benzene rings is 9. The number of hydrogen-bond acceptors (Lipinski definition) is 3. The minimum Gasteiger partial charge on any atom is -0.456 e. The number of rotatable bonds is 2. The lowest BCUT2D eigenvalue weighted by Crippen LogP contribution is -2.01. The van der Waals surface area contributed by atoms with Gasteiger partial charge in [0.25, 0.3) is 0 Å². The molecule has 9 aromatic carbocycles. The molecular weight excluding hydrogens is 713 g/mol. The van der Waals surface area contributed by atoms with Crippen LogP contribution in [0.2, 0.25) is 0 Å². The van der Waals surface area contributed by atoms with Crippen LogP contribution in [0.25, 0.3) is 125 Å². The van der Waals surface area contributed by atoms with E-state index in [0.717, 1.165) is 109 Å². The molecule has 0 aliphatic carbocycles. The fourth-order valence-corrected chi connectivity index (χ4v) is 9.64. The molecule has 0 radical (unpaired) electrons. The van der Waals surface area contributed by atoms with E-state index in [2.05, 4.69) is 129 Å². The molecule has 0 amide bonds. The average molecular weight is 739 g/mol. The molecule has 13 rings (SSSR count). The van der Waals surface area contributed by atoms with E-state index < -0.39 is 0 Å². The molecule has 0 saturated heterocycles. The molecule has 13 aromatic rings. The maximum Gasteiger partial charge on any atom is 0.212 e. The number of aromatic nitrogens is 2. The molecule has 0 fully saturated rings. The summed E-state index contributed by atoms with van der Waals surface area (Å²) in [6, 6.07) is 56.5. The first-order chi connectivity index (χ1) is 28.7. The van der Waals surface area contributed by atoms with Crippen molar-refractivity contribution in [1.29, 1.82) is 5.26 Å². The van der Waals surface area contributed by atoms with Gasteiger partial charge in [0.1, 0.15) is 28.4 Å². The average Bonchev–Trinajstić information content (AvgIpc) is 4.01. The minimum absolute atomic E-state index is 0.434. The zero-order chi connectivity index (χ0) is 38.2. The highest BCUT2D eigenvalue weighted by Gasteiger charge is 2.24. The number of hydrogen-bond donors (Lipinski definition) is 0. The smallest absolute Gasteiger partial charge is 0.212 e. The lowest BCUT2D eigenvalue weighted by molar-refractivity contribution is 0.669. The summed E-state index contributed by atoms with van der Waals surface area (Å²) in [5.74, 6) is 0. The maximum atomic E-state index is 11.1. The molecule has 6 heteroatoms. The zero-order valence-electron chi connectivity index (χ0n) is 30.6. The standard InChI is InChI=1S/C52H26N4O2/c1-54-40-27-43(55-41-20-18-29-10-2-4-12-32(29)51(41)38-25-49-36(23-44(38)55)34-14-6-8-16-47(34)57-49)31(28-53)22-46(40)56-42-21-19-30-11-3-5-13-33(30)52(42)39-26-50-37(24-45(39)56)35-15-7-9-17-48(35)58-50/h2-27H. The molecule has 0 saturated carbocycles. The molecule has 6 nitrogen and oxygen atoms in total. The monoisotopic (exact) mass is 738 g/mol. The van der Waals surface area contributed by atoms with Gasteiger partial charge in [-0.2, -0.15) is 5.26 Å². The van der Waals surface area contributed by atoms with Crippen LogP contribution in [-0.2, 0) is 0 Å². The fraction of sp³-hybridized carbons (Fsp3) is 0. The Morgan fingerprint density at radius 3 is 1.43 bits per heavy atom. The maximum absolute atomic E-state index is 11.1. The number of nitriles is 1. The summed E-state index contributed by atoms with van der Waals surface area (Å²) >= 11 is 0. The van der Waals surface area contributed by atoms with Crippen LogP contribution in [0.3, 0.4) is 0 Å². The van der Waals surface area contributed by atoms with Crippen LogP contribution >= 0.6 is 0 Å². The van der Waals surface area contributed by atoms with Crippen LogP contribution in [0.5, 0.6) is 0 Å². The van der Waals surface area contributed by atoms with Crippen molar-refractivity contribution >= 4 is 115 Å². The zero-order valence-corrected chi connectivity index (χ0v) is 30.6. The summed E-state index contributed by atoms with van der Waals surface area (Å²) in [4.78, 5) is 4.22. The number of furan rings is 2. The van der Waals surface area contributed by atoms with Gasteiger partial charge in [-0.3, -0.25) is 0 Å². The van der Waals surface area contributed by atoms with Gasteiger partial charge in [-0.25, -0.2) is 4.85 Å². The summed E-state index contributed by atoms with van der Waals surface area (Å²) in [5, 5.41) is 23.8. The Hall–Kier alpha value is -8.32. The van der Waals surface area contributed by atoms with Crippen LogP contribution < -0.4 is 0 Å². The first kappa shape index (κ1) is 30.9. The predicted molar refractivity (Wildman–Crippen MR) is 236 cm³/mol. The van der Waals surface area contributed by atoms with Gasteiger partial charge >= 0.3 is 0 Å². The highest BCUT2D eigenvalue weighted by Crippen LogP contribution is 2.46. The Kier molecular flexibility index (Phi) is 5.94. The van der Waals surface area contributed by atoms with Crippen molar-refractivity contribution in [3.05, 3.63) is 175 Å². The lowest BCUT2D eigenvalue weighted by Gasteiger charge is -2.16. The second-order valence-corrected chi connectivity index (χ2v) is 15.0. The van der Waals surface area contributed by atoms with Crippen molar-refractivity contribution in [3.8, 4) is 17.4 Å². The van der Waals surface area contributed by atoms with Gasteiger partial charge in [0, 0.05) is 43.1 Å². The van der Waals surface area contributed by atoms with Crippen LogP contribution in [0, 0.1) is 17.9 Å². The van der Waals surface area contributed by atoms with Gasteiger partial charge in [-0.1, -0.05) is 97.1 Å². The van der Waals surface area contributed by atoms with Crippen molar-refractivity contribution in [2.24, 2.45) is 0 Å². The van der Waals surface area contributed by atoms with Crippen LogP contribution in [0.4, 0.5) is 5.69 Å². The van der Waals surface area contributed by atoms with Gasteiger partial charge in [0.2, 0.25) is 5.69 Å². The molecule has 0 aliphatic rings. The summed E-state index contributed by atoms with van der Waals surface area (Å²) in [6.07, 6.45) is 0. The first-order valence-electron chi connectivity index (χ1n) is 19.2. The molecule has 58 heavy (non-hydrogen) atoms. The Morgan fingerprint density at radius 1 is 0.431 bits per heavy atom. The summed E-state index contributed by atoms with van der Waals surface area (Å²) in [7, 11) is 0. The molecule has 4 aromatic heterocycles. The van der Waals surface area contributed by atoms with Crippen molar-refractivity contribution in [1.82, 2.24) is 9.13 Å². The highest BCUT2D eigenvalue weighted by atomic mass is 16.3. The fourth-order valence-electron chi connectivity index (χ4n) is 9.64. The Balaban J connectivity index is 1.16. The molecule has 0 aliphatic heterocycles. The van der Waals surface area contributed by atoms with Crippen molar-refractivity contribution < 1.29 is 8.83 Å². The van der Waals surface area contributed by atoms with Crippen molar-refractivity contribution in [2.75, 3.05) is 0 Å². The number of fused-ring (bicyclic) bond motifs is 16. The van der Waals surface area contributed by atoms with E-state index in [9.17, 15) is 5.26 Å². The Morgan fingerprint density at radius 2 is 0.914 bits per heavy atom. The molecular formula is C52H26N4O2. The molecule has 0 atom stereocenters. The van der Waals surface area contributed by atoms with E-state index in [1.807, 2.05) is 48.5 Å². The molecule has 0 unspecified atom stereocenters. The van der Waals surface area contributed by atoms with E-state index in [4.69, 9.17) is 15.4 Å². The van der Waals surface area contributed by atoms with Gasteiger partial charge in [-0.15, -0.1) is 0 Å². The number of para-hydroxylation sites is 2. The molecule has 0 bridgehead atoms. The summed E-state index contributed by atoms with van der Waals surface area (Å²) < 4.78 is 17.1. The lowest BCUT2D eigenvalue weighted by atomic mass is 10.0. The highest BCUT2D eigenvalue weighted by molar-refractivity contribution is 6.26. The Bertz CT molecular complexity index is 3800. The molecule has 4 heterocycles. The van der Waals surface area contributed by atoms with Gasteiger partial charge in [0.15, 0.2) is 0 Å². The predicted octanol–water partition coefficient (Wildman–Crippen LogP) is 14.4. The van der Waals surface area contributed by atoms with E-state index in [1.165, 1.54) is 0 Å². The molecule has 0 N–H and O–H groups in total. The largest absolute Gasteiger partial charge is 0.456 e. The third-order valence-electron chi connectivity index (χ3n) is 12.1. The van der Waals surface area contributed by atoms with Gasteiger partial charge in [-0.05, 0) is 82.2 Å². The van der Waals surface area contributed by atoms with Crippen molar-refractivity contribution in [2.45, 2.75) is 0 Å². The van der Waals surface area contributed by atoms with Crippen LogP contribution in [-0.4, -0.2) is 9.13 Å². The van der Waals surface area contributed by atoms with E-state index in [1.54, 1.807) is 0 Å². The summed E-state index contributed by atoms with van der Waals surface area (Å²) in [5.41, 5.74) is 9.20. The summed E-state index contributed by atoms with van der Waals surface area (Å²) in [6.45, 7) is 8.70. The van der Waals surface area contributed by atoms with E-state index >= 15 is 0 Å². The van der Waals surface area contributed by atoms with E-state index in [-0.39, 0.29) is 0 Å². The topological polar surface area (TPSA) is 64.3 Å². The quantitative estimate of drug-likeness (QED) is 0.166. The van der Waals surface area contributed by atoms with E-state index in [0.29, 0.717) is 22.6 Å².